The maximum Gasteiger partial charge on any atom is 0.410 e. The van der Waals surface area contributed by atoms with E-state index < -0.39 is 5.60 Å². The SMILES string of the molecule is C[C@@H]1CN(c2ccnc(C(C)(C)C)n2)CCN1C(=O)OC(C)(C)C. The molecule has 2 heterocycles. The molecule has 0 unspecified atom stereocenters. The predicted molar refractivity (Wildman–Crippen MR) is 95.3 cm³/mol. The molecule has 0 N–H and O–H groups in total. The molecule has 1 aromatic rings. The highest BCUT2D eigenvalue weighted by atomic mass is 16.6. The van der Waals surface area contributed by atoms with E-state index in [2.05, 4.69) is 30.7 Å². The zero-order valence-electron chi connectivity index (χ0n) is 16.0. The highest BCUT2D eigenvalue weighted by molar-refractivity contribution is 5.69. The van der Waals surface area contributed by atoms with Crippen molar-refractivity contribution in [2.24, 2.45) is 0 Å². The Balaban J connectivity index is 2.07. The minimum absolute atomic E-state index is 0.0710. The maximum atomic E-state index is 12.3. The van der Waals surface area contributed by atoms with Crippen molar-refractivity contribution in [1.82, 2.24) is 14.9 Å². The van der Waals surface area contributed by atoms with Crippen molar-refractivity contribution in [1.29, 1.82) is 0 Å². The van der Waals surface area contributed by atoms with Crippen LogP contribution in [0.3, 0.4) is 0 Å². The van der Waals surface area contributed by atoms with Crippen LogP contribution in [0.15, 0.2) is 12.3 Å². The second kappa shape index (κ2) is 6.57. The van der Waals surface area contributed by atoms with Crippen LogP contribution in [0, 0.1) is 0 Å². The summed E-state index contributed by atoms with van der Waals surface area (Å²) < 4.78 is 5.50. The molecule has 6 nitrogen and oxygen atoms in total. The normalized spacial score (nSPS) is 19.4. The second-order valence-corrected chi connectivity index (χ2v) is 8.46. The Labute approximate surface area is 145 Å². The highest BCUT2D eigenvalue weighted by Gasteiger charge is 2.31. The lowest BCUT2D eigenvalue weighted by Crippen LogP contribution is -2.55. The third kappa shape index (κ3) is 4.58. The van der Waals surface area contributed by atoms with Crippen molar-refractivity contribution >= 4 is 11.9 Å². The van der Waals surface area contributed by atoms with Gasteiger partial charge in [-0.25, -0.2) is 14.8 Å². The van der Waals surface area contributed by atoms with Crippen LogP contribution >= 0.6 is 0 Å². The fourth-order valence-electron chi connectivity index (χ4n) is 2.64. The van der Waals surface area contributed by atoms with Crippen molar-refractivity contribution in [2.45, 2.75) is 65.5 Å². The Morgan fingerprint density at radius 1 is 1.21 bits per heavy atom. The minimum atomic E-state index is -0.470. The van der Waals surface area contributed by atoms with Gasteiger partial charge in [-0.2, -0.15) is 0 Å². The second-order valence-electron chi connectivity index (χ2n) is 8.46. The molecule has 1 amide bonds. The van der Waals surface area contributed by atoms with E-state index in [1.54, 1.807) is 4.90 Å². The molecule has 1 aliphatic rings. The topological polar surface area (TPSA) is 58.6 Å². The average molecular weight is 334 g/mol. The molecule has 1 saturated heterocycles. The van der Waals surface area contributed by atoms with E-state index in [0.29, 0.717) is 6.54 Å². The first kappa shape index (κ1) is 18.5. The summed E-state index contributed by atoms with van der Waals surface area (Å²) in [5.41, 5.74) is -0.553. The minimum Gasteiger partial charge on any atom is -0.444 e. The first-order valence-electron chi connectivity index (χ1n) is 8.55. The Kier molecular flexibility index (Phi) is 5.06. The van der Waals surface area contributed by atoms with Gasteiger partial charge < -0.3 is 14.5 Å². The number of amides is 1. The summed E-state index contributed by atoms with van der Waals surface area (Å²) >= 11 is 0. The average Bonchev–Trinajstić information content (AvgIpc) is 2.44. The van der Waals surface area contributed by atoms with Gasteiger partial charge in [0.2, 0.25) is 0 Å². The van der Waals surface area contributed by atoms with Crippen LogP contribution in [0.5, 0.6) is 0 Å². The van der Waals surface area contributed by atoms with Crippen LogP contribution in [0.4, 0.5) is 10.6 Å². The van der Waals surface area contributed by atoms with Crippen LogP contribution in [0.1, 0.15) is 54.3 Å². The molecule has 0 radical (unpaired) electrons. The zero-order valence-corrected chi connectivity index (χ0v) is 16.0. The number of carbonyl (C=O) groups excluding carboxylic acids is 1. The van der Waals surface area contributed by atoms with E-state index in [0.717, 1.165) is 24.7 Å². The van der Waals surface area contributed by atoms with Gasteiger partial charge in [0.05, 0.1) is 0 Å². The third-order valence-corrected chi connectivity index (χ3v) is 3.89. The van der Waals surface area contributed by atoms with Crippen molar-refractivity contribution in [2.75, 3.05) is 24.5 Å². The largest absolute Gasteiger partial charge is 0.444 e. The van der Waals surface area contributed by atoms with Gasteiger partial charge in [0.25, 0.3) is 0 Å². The molecule has 134 valence electrons. The van der Waals surface area contributed by atoms with Gasteiger partial charge in [-0.3, -0.25) is 0 Å². The quantitative estimate of drug-likeness (QED) is 0.789. The lowest BCUT2D eigenvalue weighted by molar-refractivity contribution is 0.0158. The van der Waals surface area contributed by atoms with Gasteiger partial charge in [0, 0.05) is 37.3 Å². The molecule has 24 heavy (non-hydrogen) atoms. The highest BCUT2D eigenvalue weighted by Crippen LogP contribution is 2.23. The summed E-state index contributed by atoms with van der Waals surface area (Å²) in [5, 5.41) is 0. The molecule has 1 atom stereocenters. The molecule has 0 spiro atoms. The van der Waals surface area contributed by atoms with E-state index in [4.69, 9.17) is 9.72 Å². The molecule has 6 heteroatoms. The molecular weight excluding hydrogens is 304 g/mol. The van der Waals surface area contributed by atoms with Crippen LogP contribution in [0.25, 0.3) is 0 Å². The summed E-state index contributed by atoms with van der Waals surface area (Å²) in [6.45, 7) is 16.1. The van der Waals surface area contributed by atoms with Gasteiger partial charge in [-0.05, 0) is 33.8 Å². The van der Waals surface area contributed by atoms with Crippen molar-refractivity contribution in [3.63, 3.8) is 0 Å². The van der Waals surface area contributed by atoms with Crippen LogP contribution in [-0.2, 0) is 10.2 Å². The van der Waals surface area contributed by atoms with E-state index in [9.17, 15) is 4.79 Å². The first-order valence-corrected chi connectivity index (χ1v) is 8.55. The molecule has 0 aliphatic carbocycles. The van der Waals surface area contributed by atoms with E-state index >= 15 is 0 Å². The molecule has 0 saturated carbocycles. The van der Waals surface area contributed by atoms with Crippen LogP contribution in [-0.4, -0.2) is 52.2 Å². The number of anilines is 1. The van der Waals surface area contributed by atoms with Gasteiger partial charge in [-0.1, -0.05) is 20.8 Å². The third-order valence-electron chi connectivity index (χ3n) is 3.89. The lowest BCUT2D eigenvalue weighted by atomic mass is 9.96. The molecule has 0 aromatic carbocycles. The molecule has 1 aliphatic heterocycles. The number of carbonyl (C=O) groups is 1. The number of aromatic nitrogens is 2. The first-order chi connectivity index (χ1) is 11.0. The Bertz CT molecular complexity index is 589. The zero-order chi connectivity index (χ0) is 18.1. The van der Waals surface area contributed by atoms with Crippen molar-refractivity contribution in [3.05, 3.63) is 18.1 Å². The number of ether oxygens (including phenoxy) is 1. The molecular formula is C18H30N4O2. The summed E-state index contributed by atoms with van der Waals surface area (Å²) in [6.07, 6.45) is 1.57. The number of rotatable bonds is 1. The Hall–Kier alpha value is -1.85. The maximum absolute atomic E-state index is 12.3. The number of hydrogen-bond acceptors (Lipinski definition) is 5. The number of hydrogen-bond donors (Lipinski definition) is 0. The predicted octanol–water partition coefficient (Wildman–Crippen LogP) is 3.22. The monoisotopic (exact) mass is 334 g/mol. The number of nitrogens with zero attached hydrogens (tertiary/aromatic N) is 4. The van der Waals surface area contributed by atoms with Gasteiger partial charge >= 0.3 is 6.09 Å². The van der Waals surface area contributed by atoms with Crippen LogP contribution in [0.2, 0.25) is 0 Å². The molecule has 2 rings (SSSR count). The molecule has 0 bridgehead atoms. The van der Waals surface area contributed by atoms with Crippen molar-refractivity contribution < 1.29 is 9.53 Å². The van der Waals surface area contributed by atoms with Crippen molar-refractivity contribution in [3.8, 4) is 0 Å². The number of piperazine rings is 1. The van der Waals surface area contributed by atoms with E-state index in [-0.39, 0.29) is 17.6 Å². The van der Waals surface area contributed by atoms with Gasteiger partial charge in [0.15, 0.2) is 0 Å². The van der Waals surface area contributed by atoms with Crippen LogP contribution < -0.4 is 4.90 Å². The summed E-state index contributed by atoms with van der Waals surface area (Å²) in [4.78, 5) is 25.4. The Morgan fingerprint density at radius 3 is 2.42 bits per heavy atom. The fourth-order valence-corrected chi connectivity index (χ4v) is 2.64. The van der Waals surface area contributed by atoms with E-state index in [1.165, 1.54) is 0 Å². The standard InChI is InChI=1S/C18H30N4O2/c1-13-12-21(10-11-22(13)16(23)24-18(5,6)7)14-8-9-19-15(20-14)17(2,3)4/h8-9,13H,10-12H2,1-7H3/t13-/m1/s1. The molecule has 1 fully saturated rings. The lowest BCUT2D eigenvalue weighted by Gasteiger charge is -2.40. The van der Waals surface area contributed by atoms with Gasteiger partial charge in [-0.15, -0.1) is 0 Å². The van der Waals surface area contributed by atoms with Gasteiger partial charge in [0.1, 0.15) is 17.2 Å². The van der Waals surface area contributed by atoms with E-state index in [1.807, 2.05) is 40.0 Å². The summed E-state index contributed by atoms with van der Waals surface area (Å²) in [5.74, 6) is 1.76. The summed E-state index contributed by atoms with van der Waals surface area (Å²) in [6, 6.07) is 2.01. The summed E-state index contributed by atoms with van der Waals surface area (Å²) in [7, 11) is 0. The Morgan fingerprint density at radius 2 is 1.88 bits per heavy atom. The smallest absolute Gasteiger partial charge is 0.410 e. The fraction of sp³-hybridized carbons (Fsp3) is 0.722. The molecule has 1 aromatic heterocycles.